The zero-order valence-corrected chi connectivity index (χ0v) is 10.9. The van der Waals surface area contributed by atoms with Crippen molar-refractivity contribution in [1.29, 1.82) is 0 Å². The van der Waals surface area contributed by atoms with Gasteiger partial charge in [0.1, 0.15) is 17.7 Å². The van der Waals surface area contributed by atoms with Crippen molar-refractivity contribution < 1.29 is 4.79 Å². The van der Waals surface area contributed by atoms with Gasteiger partial charge < -0.3 is 4.90 Å². The first kappa shape index (κ1) is 12.9. The summed E-state index contributed by atoms with van der Waals surface area (Å²) in [5, 5.41) is 12.5. The average Bonchev–Trinajstić information content (AvgIpc) is 2.87. The maximum Gasteiger partial charge on any atom is 0.277 e. The molecule has 0 fully saturated rings. The number of amides is 1. The van der Waals surface area contributed by atoms with Crippen LogP contribution < -0.4 is 5.56 Å². The fraction of sp³-hybridized carbons (Fsp3) is 0.364. The number of nitrogens with one attached hydrogen (secondary N) is 2. The van der Waals surface area contributed by atoms with Crippen LogP contribution in [0.1, 0.15) is 27.4 Å². The molecule has 8 nitrogen and oxygen atoms in total. The molecule has 19 heavy (non-hydrogen) atoms. The van der Waals surface area contributed by atoms with Gasteiger partial charge in [-0.2, -0.15) is 10.2 Å². The zero-order valence-electron chi connectivity index (χ0n) is 10.9. The van der Waals surface area contributed by atoms with Gasteiger partial charge in [-0.3, -0.25) is 14.7 Å². The van der Waals surface area contributed by atoms with Crippen molar-refractivity contribution in [2.75, 3.05) is 7.05 Å². The van der Waals surface area contributed by atoms with E-state index < -0.39 is 5.56 Å². The lowest BCUT2D eigenvalue weighted by Crippen LogP contribution is -2.33. The van der Waals surface area contributed by atoms with Crippen LogP contribution in [0.5, 0.6) is 0 Å². The summed E-state index contributed by atoms with van der Waals surface area (Å²) in [5.74, 6) is 0.177. The number of hydrogen-bond acceptors (Lipinski definition) is 5. The van der Waals surface area contributed by atoms with E-state index in [-0.39, 0.29) is 18.0 Å². The van der Waals surface area contributed by atoms with E-state index in [0.717, 1.165) is 0 Å². The van der Waals surface area contributed by atoms with Crippen molar-refractivity contribution in [2.24, 2.45) is 0 Å². The SMILES string of the molecule is Cc1n[nH]c(=O)c(C(=O)N(C)Cc2ncn[nH]2)c1C. The summed E-state index contributed by atoms with van der Waals surface area (Å²) in [5.41, 5.74) is 0.821. The lowest BCUT2D eigenvalue weighted by molar-refractivity contribution is 0.0778. The Bertz CT molecular complexity index is 646. The topological polar surface area (TPSA) is 108 Å². The first-order valence-corrected chi connectivity index (χ1v) is 5.66. The smallest absolute Gasteiger partial charge is 0.277 e. The van der Waals surface area contributed by atoms with Gasteiger partial charge in [-0.05, 0) is 19.4 Å². The van der Waals surface area contributed by atoms with Gasteiger partial charge in [0.15, 0.2) is 0 Å². The normalized spacial score (nSPS) is 10.5. The zero-order chi connectivity index (χ0) is 14.0. The Hall–Kier alpha value is -2.51. The highest BCUT2D eigenvalue weighted by molar-refractivity contribution is 5.95. The summed E-state index contributed by atoms with van der Waals surface area (Å²) >= 11 is 0. The molecule has 1 amide bonds. The molecule has 2 heterocycles. The molecule has 2 aromatic heterocycles. The Morgan fingerprint density at radius 2 is 2.11 bits per heavy atom. The molecule has 0 atom stereocenters. The Kier molecular flexibility index (Phi) is 3.41. The van der Waals surface area contributed by atoms with Crippen LogP contribution in [0, 0.1) is 13.8 Å². The minimum absolute atomic E-state index is 0.106. The van der Waals surface area contributed by atoms with E-state index in [2.05, 4.69) is 25.4 Å². The van der Waals surface area contributed by atoms with Crippen LogP contribution in [-0.2, 0) is 6.54 Å². The second-order valence-electron chi connectivity index (χ2n) is 4.23. The third kappa shape index (κ3) is 2.51. The predicted octanol–water partition coefficient (Wildman–Crippen LogP) is -0.223. The molecule has 0 spiro atoms. The second-order valence-corrected chi connectivity index (χ2v) is 4.23. The fourth-order valence-electron chi connectivity index (χ4n) is 1.68. The molecule has 0 aliphatic rings. The molecule has 0 aliphatic carbocycles. The van der Waals surface area contributed by atoms with Gasteiger partial charge in [-0.25, -0.2) is 10.1 Å². The van der Waals surface area contributed by atoms with E-state index in [4.69, 9.17) is 0 Å². The van der Waals surface area contributed by atoms with Crippen molar-refractivity contribution in [3.05, 3.63) is 39.3 Å². The summed E-state index contributed by atoms with van der Waals surface area (Å²) in [7, 11) is 1.60. The van der Waals surface area contributed by atoms with Crippen LogP contribution in [0.25, 0.3) is 0 Å². The lowest BCUT2D eigenvalue weighted by Gasteiger charge is -2.16. The minimum Gasteiger partial charge on any atom is -0.334 e. The number of aryl methyl sites for hydroxylation is 1. The summed E-state index contributed by atoms with van der Waals surface area (Å²) < 4.78 is 0. The Balaban J connectivity index is 2.29. The predicted molar refractivity (Wildman–Crippen MR) is 66.5 cm³/mol. The molecule has 0 radical (unpaired) electrons. The van der Waals surface area contributed by atoms with E-state index >= 15 is 0 Å². The fourth-order valence-corrected chi connectivity index (χ4v) is 1.68. The molecule has 2 aromatic rings. The maximum atomic E-state index is 12.3. The highest BCUT2D eigenvalue weighted by Crippen LogP contribution is 2.08. The van der Waals surface area contributed by atoms with Crippen LogP contribution in [0.2, 0.25) is 0 Å². The van der Waals surface area contributed by atoms with Crippen LogP contribution >= 0.6 is 0 Å². The van der Waals surface area contributed by atoms with E-state index in [9.17, 15) is 9.59 Å². The Morgan fingerprint density at radius 3 is 2.74 bits per heavy atom. The first-order valence-electron chi connectivity index (χ1n) is 5.66. The van der Waals surface area contributed by atoms with Crippen molar-refractivity contribution >= 4 is 5.91 Å². The molecule has 100 valence electrons. The quantitative estimate of drug-likeness (QED) is 0.794. The molecule has 8 heteroatoms. The van der Waals surface area contributed by atoms with E-state index in [1.807, 2.05) is 0 Å². The number of hydrogen-bond donors (Lipinski definition) is 2. The number of carbonyl (C=O) groups excluding carboxylic acids is 1. The van der Waals surface area contributed by atoms with Crippen LogP contribution in [0.15, 0.2) is 11.1 Å². The van der Waals surface area contributed by atoms with Gasteiger partial charge in [0, 0.05) is 7.05 Å². The first-order chi connectivity index (χ1) is 9.00. The van der Waals surface area contributed by atoms with Crippen LogP contribution in [0.3, 0.4) is 0 Å². The molecule has 0 aliphatic heterocycles. The van der Waals surface area contributed by atoms with Crippen molar-refractivity contribution in [1.82, 2.24) is 30.3 Å². The summed E-state index contributed by atoms with van der Waals surface area (Å²) in [4.78, 5) is 29.4. The Morgan fingerprint density at radius 1 is 1.37 bits per heavy atom. The molecule has 2 rings (SSSR count). The number of carbonyl (C=O) groups is 1. The summed E-state index contributed by atoms with van der Waals surface area (Å²) in [6.07, 6.45) is 1.36. The molecule has 2 N–H and O–H groups in total. The Labute approximate surface area is 108 Å². The largest absolute Gasteiger partial charge is 0.334 e. The van der Waals surface area contributed by atoms with Gasteiger partial charge >= 0.3 is 0 Å². The lowest BCUT2D eigenvalue weighted by atomic mass is 10.1. The number of aromatic nitrogens is 5. The van der Waals surface area contributed by atoms with Crippen molar-refractivity contribution in [3.8, 4) is 0 Å². The molecule has 0 unspecified atom stereocenters. The van der Waals surface area contributed by atoms with Gasteiger partial charge in [0.05, 0.1) is 12.2 Å². The van der Waals surface area contributed by atoms with E-state index in [0.29, 0.717) is 17.1 Å². The maximum absolute atomic E-state index is 12.3. The van der Waals surface area contributed by atoms with Crippen LogP contribution in [0.4, 0.5) is 0 Å². The summed E-state index contributed by atoms with van der Waals surface area (Å²) in [6.45, 7) is 3.69. The van der Waals surface area contributed by atoms with Crippen molar-refractivity contribution in [2.45, 2.75) is 20.4 Å². The van der Waals surface area contributed by atoms with Gasteiger partial charge in [0.2, 0.25) is 0 Å². The second kappa shape index (κ2) is 5.01. The van der Waals surface area contributed by atoms with Gasteiger partial charge in [0.25, 0.3) is 11.5 Å². The molecule has 0 bridgehead atoms. The minimum atomic E-state index is -0.488. The monoisotopic (exact) mass is 262 g/mol. The van der Waals surface area contributed by atoms with Crippen molar-refractivity contribution in [3.63, 3.8) is 0 Å². The third-order valence-electron chi connectivity index (χ3n) is 2.88. The van der Waals surface area contributed by atoms with Gasteiger partial charge in [-0.1, -0.05) is 0 Å². The standard InChI is InChI=1S/C11H14N6O2/c1-6-7(2)14-16-10(18)9(6)11(19)17(3)4-8-12-5-13-15-8/h5H,4H2,1-3H3,(H,16,18)(H,12,13,15). The summed E-state index contributed by atoms with van der Waals surface area (Å²) in [6, 6.07) is 0. The number of H-pyrrole nitrogens is 2. The number of rotatable bonds is 3. The highest BCUT2D eigenvalue weighted by atomic mass is 16.2. The van der Waals surface area contributed by atoms with Gasteiger partial charge in [-0.15, -0.1) is 0 Å². The van der Waals surface area contributed by atoms with Crippen LogP contribution in [-0.4, -0.2) is 43.2 Å². The van der Waals surface area contributed by atoms with E-state index in [1.165, 1.54) is 11.2 Å². The molecule has 0 aromatic carbocycles. The molecule has 0 saturated heterocycles. The molecule has 0 saturated carbocycles. The number of aromatic amines is 2. The number of nitrogens with zero attached hydrogens (tertiary/aromatic N) is 4. The molecular formula is C11H14N6O2. The highest BCUT2D eigenvalue weighted by Gasteiger charge is 2.20. The van der Waals surface area contributed by atoms with E-state index in [1.54, 1.807) is 20.9 Å². The third-order valence-corrected chi connectivity index (χ3v) is 2.88. The molecular weight excluding hydrogens is 248 g/mol. The average molecular weight is 262 g/mol.